The van der Waals surface area contributed by atoms with Crippen molar-refractivity contribution < 1.29 is 4.39 Å². The first-order valence-corrected chi connectivity index (χ1v) is 10.3. The Kier molecular flexibility index (Phi) is 6.44. The number of hydrogen-bond acceptors (Lipinski definition) is 6. The van der Waals surface area contributed by atoms with Gasteiger partial charge < -0.3 is 16.8 Å². The van der Waals surface area contributed by atoms with Crippen molar-refractivity contribution in [3.63, 3.8) is 0 Å². The van der Waals surface area contributed by atoms with Gasteiger partial charge in [0.1, 0.15) is 5.82 Å². The number of hydrogen-bond donors (Lipinski definition) is 4. The number of benzene rings is 1. The van der Waals surface area contributed by atoms with E-state index in [-0.39, 0.29) is 5.82 Å². The molecular formula is C20H28FN5S. The molecule has 3 aliphatic rings. The molecule has 0 saturated heterocycles. The van der Waals surface area contributed by atoms with Crippen LogP contribution in [0, 0.1) is 5.82 Å². The molecule has 4 rings (SSSR count). The minimum Gasteiger partial charge on any atom is -0.404 e. The van der Waals surface area contributed by atoms with E-state index in [9.17, 15) is 4.39 Å². The summed E-state index contributed by atoms with van der Waals surface area (Å²) in [5, 5.41) is 8.50. The molecule has 1 heterocycles. The summed E-state index contributed by atoms with van der Waals surface area (Å²) >= 11 is 1.17. The molecule has 0 atom stereocenters. The maximum absolute atomic E-state index is 14.3. The molecule has 7 heteroatoms. The molecule has 2 aliphatic carbocycles. The predicted molar refractivity (Wildman–Crippen MR) is 113 cm³/mol. The van der Waals surface area contributed by atoms with Gasteiger partial charge in [0.05, 0.1) is 16.4 Å². The number of allylic oxidation sites excluding steroid dienone is 1. The van der Waals surface area contributed by atoms with Gasteiger partial charge in [-0.25, -0.2) is 4.39 Å². The number of aliphatic imine (C=N–C) groups is 1. The van der Waals surface area contributed by atoms with Gasteiger partial charge in [0, 0.05) is 18.4 Å². The second kappa shape index (κ2) is 8.80. The van der Waals surface area contributed by atoms with Gasteiger partial charge in [-0.3, -0.25) is 10.1 Å². The molecule has 0 aromatic heterocycles. The highest BCUT2D eigenvalue weighted by molar-refractivity contribution is 8.01. The molecule has 0 radical (unpaired) electrons. The van der Waals surface area contributed by atoms with Crippen LogP contribution < -0.4 is 21.9 Å². The fraction of sp³-hybridized carbons (Fsp3) is 0.450. The summed E-state index contributed by atoms with van der Waals surface area (Å²) in [5.74, 6) is 0.498. The van der Waals surface area contributed by atoms with Crippen molar-refractivity contribution in [1.29, 1.82) is 0 Å². The number of rotatable bonds is 4. The maximum atomic E-state index is 14.3. The summed E-state index contributed by atoms with van der Waals surface area (Å²) in [5.41, 5.74) is 17.2. The third-order valence-electron chi connectivity index (χ3n) is 5.29. The van der Waals surface area contributed by atoms with Gasteiger partial charge in [0.2, 0.25) is 0 Å². The lowest BCUT2D eigenvalue weighted by Crippen LogP contribution is -2.12. The van der Waals surface area contributed by atoms with Crippen LogP contribution >= 0.6 is 11.9 Å². The van der Waals surface area contributed by atoms with E-state index < -0.39 is 0 Å². The number of nitrogens with two attached hydrogens (primary N) is 3. The Morgan fingerprint density at radius 3 is 2.07 bits per heavy atom. The molecule has 27 heavy (non-hydrogen) atoms. The molecule has 0 amide bonds. The van der Waals surface area contributed by atoms with Crippen LogP contribution in [0.2, 0.25) is 0 Å². The average molecular weight is 390 g/mol. The highest BCUT2D eigenvalue weighted by Gasteiger charge is 2.28. The van der Waals surface area contributed by atoms with E-state index in [0.717, 1.165) is 96.5 Å². The fourth-order valence-corrected chi connectivity index (χ4v) is 4.52. The van der Waals surface area contributed by atoms with Crippen LogP contribution in [0.3, 0.4) is 0 Å². The molecular weight excluding hydrogens is 361 g/mol. The second-order valence-corrected chi connectivity index (χ2v) is 7.72. The van der Waals surface area contributed by atoms with Gasteiger partial charge in [-0.2, -0.15) is 0 Å². The van der Waals surface area contributed by atoms with Gasteiger partial charge in [0.15, 0.2) is 0 Å². The molecule has 0 spiro atoms. The van der Waals surface area contributed by atoms with Crippen molar-refractivity contribution in [3.8, 4) is 0 Å². The maximum Gasteiger partial charge on any atom is 0.130 e. The van der Waals surface area contributed by atoms with Crippen LogP contribution in [0.5, 0.6) is 0 Å². The minimum atomic E-state index is 0.0539. The Morgan fingerprint density at radius 1 is 1.04 bits per heavy atom. The predicted octanol–water partition coefficient (Wildman–Crippen LogP) is 3.27. The Hall–Kier alpha value is -1.99. The summed E-state index contributed by atoms with van der Waals surface area (Å²) in [6, 6.07) is 0. The highest BCUT2D eigenvalue weighted by atomic mass is 32.2. The molecule has 0 unspecified atom stereocenters. The van der Waals surface area contributed by atoms with Crippen molar-refractivity contribution in [1.82, 2.24) is 0 Å². The van der Waals surface area contributed by atoms with Crippen molar-refractivity contribution in [2.24, 2.45) is 21.6 Å². The first-order chi connectivity index (χ1) is 13.1. The molecule has 0 fully saturated rings. The zero-order valence-electron chi connectivity index (χ0n) is 15.6. The van der Waals surface area contributed by atoms with Gasteiger partial charge in [-0.1, -0.05) is 6.58 Å². The van der Waals surface area contributed by atoms with Gasteiger partial charge in [0.25, 0.3) is 0 Å². The summed E-state index contributed by atoms with van der Waals surface area (Å²) < 4.78 is 14.3. The van der Waals surface area contributed by atoms with E-state index >= 15 is 0 Å². The first kappa shape index (κ1) is 19.8. The van der Waals surface area contributed by atoms with E-state index in [1.807, 2.05) is 0 Å². The van der Waals surface area contributed by atoms with E-state index in [0.29, 0.717) is 5.82 Å². The number of fused-ring (bicyclic) bond motifs is 2. The monoisotopic (exact) mass is 389 g/mol. The molecule has 1 aromatic rings. The molecule has 0 bridgehead atoms. The average Bonchev–Trinajstić information content (AvgIpc) is 3.41. The summed E-state index contributed by atoms with van der Waals surface area (Å²) in [4.78, 5) is 5.16. The van der Waals surface area contributed by atoms with E-state index in [1.165, 1.54) is 18.1 Å². The summed E-state index contributed by atoms with van der Waals surface area (Å²) in [7, 11) is 0. The largest absolute Gasteiger partial charge is 0.404 e. The summed E-state index contributed by atoms with van der Waals surface area (Å²) in [6.45, 7) is 4.62. The second-order valence-electron chi connectivity index (χ2n) is 7.04. The molecule has 1 aliphatic heterocycles. The van der Waals surface area contributed by atoms with Crippen LogP contribution in [0.15, 0.2) is 28.5 Å². The number of nitrogens with zero attached hydrogens (tertiary/aromatic N) is 1. The SMILES string of the molecule is C=C(N)Nc1c2c(c(F)c3c1CCC3)CCC2.N/C=C(/SN)C1=NCCC1. The zero-order valence-corrected chi connectivity index (χ0v) is 16.4. The Labute approximate surface area is 164 Å². The normalized spacial score (nSPS) is 17.7. The van der Waals surface area contributed by atoms with E-state index in [1.54, 1.807) is 0 Å². The van der Waals surface area contributed by atoms with Crippen LogP contribution in [-0.2, 0) is 25.7 Å². The van der Waals surface area contributed by atoms with Crippen LogP contribution in [-0.4, -0.2) is 12.3 Å². The van der Waals surface area contributed by atoms with Crippen LogP contribution in [0.25, 0.3) is 0 Å². The number of halogens is 1. The van der Waals surface area contributed by atoms with E-state index in [4.69, 9.17) is 16.6 Å². The fourth-order valence-electron chi connectivity index (χ4n) is 4.14. The number of anilines is 1. The lowest BCUT2D eigenvalue weighted by atomic mass is 9.98. The summed E-state index contributed by atoms with van der Waals surface area (Å²) in [6.07, 6.45) is 9.39. The molecule has 1 aromatic carbocycles. The zero-order chi connectivity index (χ0) is 19.4. The first-order valence-electron chi connectivity index (χ1n) is 9.45. The van der Waals surface area contributed by atoms with Gasteiger partial charge in [-0.15, -0.1) is 0 Å². The standard InChI is InChI=1S/C14H17FN2.C6H11N3S/c1-8(16)17-14-11-6-2-4-9(11)13(15)10-5-3-7-12(10)14;7-4-6(10-8)5-2-1-3-9-5/h17H,1-7,16H2;4H,1-3,7-8H2/b;6-4+. The topological polar surface area (TPSA) is 102 Å². The van der Waals surface area contributed by atoms with E-state index in [2.05, 4.69) is 16.9 Å². The molecule has 146 valence electrons. The van der Waals surface area contributed by atoms with Crippen molar-refractivity contribution >= 4 is 23.3 Å². The van der Waals surface area contributed by atoms with Crippen molar-refractivity contribution in [2.75, 3.05) is 11.9 Å². The minimum absolute atomic E-state index is 0.0539. The van der Waals surface area contributed by atoms with Gasteiger partial charge in [-0.05, 0) is 85.6 Å². The van der Waals surface area contributed by atoms with Crippen LogP contribution in [0.4, 0.5) is 10.1 Å². The van der Waals surface area contributed by atoms with Gasteiger partial charge >= 0.3 is 0 Å². The quantitative estimate of drug-likeness (QED) is 0.592. The number of nitrogens with one attached hydrogen (secondary N) is 1. The smallest absolute Gasteiger partial charge is 0.130 e. The lowest BCUT2D eigenvalue weighted by Gasteiger charge is -2.17. The Balaban J connectivity index is 0.000000180. The lowest BCUT2D eigenvalue weighted by molar-refractivity contribution is 0.598. The third-order valence-corrected chi connectivity index (χ3v) is 5.92. The van der Waals surface area contributed by atoms with Crippen LogP contribution in [0.1, 0.15) is 47.9 Å². The Bertz CT molecular complexity index is 765. The van der Waals surface area contributed by atoms with Crippen molar-refractivity contribution in [3.05, 3.63) is 51.6 Å². The third kappa shape index (κ3) is 4.14. The highest BCUT2D eigenvalue weighted by Crippen LogP contribution is 2.41. The molecule has 5 nitrogen and oxygen atoms in total. The van der Waals surface area contributed by atoms with Crippen molar-refractivity contribution in [2.45, 2.75) is 51.4 Å². The molecule has 7 N–H and O–H groups in total. The Morgan fingerprint density at radius 2 is 1.63 bits per heavy atom. The molecule has 0 saturated carbocycles.